The minimum Gasteiger partial charge on any atom is -0.360 e. The predicted octanol–water partition coefficient (Wildman–Crippen LogP) is 1.71. The normalized spacial score (nSPS) is 19.6. The molecular weight excluding hydrogens is 186 g/mol. The van der Waals surface area contributed by atoms with E-state index in [0.717, 1.165) is 18.2 Å². The van der Waals surface area contributed by atoms with Gasteiger partial charge in [-0.05, 0) is 44.0 Å². The third-order valence-electron chi connectivity index (χ3n) is 3.30. The molecule has 1 aliphatic heterocycles. The molecule has 3 nitrogen and oxygen atoms in total. The quantitative estimate of drug-likeness (QED) is 0.792. The number of aromatic nitrogens is 1. The molecule has 0 spiro atoms. The van der Waals surface area contributed by atoms with Gasteiger partial charge in [-0.3, -0.25) is 4.90 Å². The molecule has 0 aromatic carbocycles. The van der Waals surface area contributed by atoms with Gasteiger partial charge in [0.1, 0.15) is 0 Å². The number of nitrogens with zero attached hydrogens (tertiary/aromatic N) is 1. The van der Waals surface area contributed by atoms with E-state index in [2.05, 4.69) is 28.9 Å². The van der Waals surface area contributed by atoms with E-state index in [-0.39, 0.29) is 0 Å². The minimum atomic E-state index is 0.608. The van der Waals surface area contributed by atoms with Crippen LogP contribution in [0.25, 0.3) is 0 Å². The summed E-state index contributed by atoms with van der Waals surface area (Å²) >= 11 is 0. The number of H-pyrrole nitrogens is 1. The number of piperidine rings is 1. The van der Waals surface area contributed by atoms with Gasteiger partial charge in [0.2, 0.25) is 0 Å². The van der Waals surface area contributed by atoms with Crippen molar-refractivity contribution in [2.45, 2.75) is 32.9 Å². The second-order valence-corrected chi connectivity index (χ2v) is 4.67. The summed E-state index contributed by atoms with van der Waals surface area (Å²) in [5.41, 5.74) is 8.00. The summed E-state index contributed by atoms with van der Waals surface area (Å²) in [5.74, 6) is 0.907. The molecule has 1 aromatic rings. The van der Waals surface area contributed by atoms with E-state index >= 15 is 0 Å². The van der Waals surface area contributed by atoms with Crippen LogP contribution in [0.1, 0.15) is 31.2 Å². The molecule has 2 rings (SSSR count). The first kappa shape index (κ1) is 10.7. The Kier molecular flexibility index (Phi) is 3.44. The maximum Gasteiger partial charge on any atom is 0.0385 e. The molecule has 1 saturated heterocycles. The lowest BCUT2D eigenvalue weighted by molar-refractivity contribution is 0.183. The van der Waals surface area contributed by atoms with Gasteiger partial charge < -0.3 is 10.7 Å². The molecule has 0 atom stereocenters. The lowest BCUT2D eigenvalue weighted by Gasteiger charge is -2.29. The van der Waals surface area contributed by atoms with Crippen molar-refractivity contribution >= 4 is 0 Å². The number of nitrogens with one attached hydrogen (secondary N) is 1. The van der Waals surface area contributed by atoms with Crippen molar-refractivity contribution in [3.63, 3.8) is 0 Å². The smallest absolute Gasteiger partial charge is 0.0385 e. The van der Waals surface area contributed by atoms with Crippen LogP contribution in [0, 0.1) is 5.92 Å². The van der Waals surface area contributed by atoms with E-state index in [4.69, 9.17) is 5.73 Å². The number of aromatic amines is 1. The van der Waals surface area contributed by atoms with Gasteiger partial charge in [0.25, 0.3) is 0 Å². The minimum absolute atomic E-state index is 0.608. The van der Waals surface area contributed by atoms with E-state index in [1.165, 1.54) is 31.6 Å². The van der Waals surface area contributed by atoms with Crippen LogP contribution >= 0.6 is 0 Å². The SMILES string of the molecule is CC1CCN(Cc2ccc(CN)[nH]2)CC1. The molecule has 1 fully saturated rings. The zero-order valence-corrected chi connectivity index (χ0v) is 9.50. The maximum absolute atomic E-state index is 5.57. The fraction of sp³-hybridized carbons (Fsp3) is 0.667. The molecule has 0 radical (unpaired) electrons. The lowest BCUT2D eigenvalue weighted by Crippen LogP contribution is -2.32. The summed E-state index contributed by atoms with van der Waals surface area (Å²) in [6.45, 7) is 6.47. The highest BCUT2D eigenvalue weighted by Crippen LogP contribution is 2.17. The Labute approximate surface area is 91.7 Å². The van der Waals surface area contributed by atoms with Gasteiger partial charge in [0.05, 0.1) is 0 Å². The Morgan fingerprint density at radius 2 is 2.00 bits per heavy atom. The van der Waals surface area contributed by atoms with Gasteiger partial charge in [0, 0.05) is 24.5 Å². The molecular formula is C12H21N3. The van der Waals surface area contributed by atoms with Crippen LogP contribution in [0.3, 0.4) is 0 Å². The fourth-order valence-electron chi connectivity index (χ4n) is 2.16. The fourth-order valence-corrected chi connectivity index (χ4v) is 2.16. The third-order valence-corrected chi connectivity index (χ3v) is 3.30. The summed E-state index contributed by atoms with van der Waals surface area (Å²) in [7, 11) is 0. The van der Waals surface area contributed by atoms with Crippen LogP contribution in [0.15, 0.2) is 12.1 Å². The number of rotatable bonds is 3. The molecule has 84 valence electrons. The number of hydrogen-bond donors (Lipinski definition) is 2. The third kappa shape index (κ3) is 2.83. The molecule has 1 aromatic heterocycles. The van der Waals surface area contributed by atoms with Crippen molar-refractivity contribution in [3.05, 3.63) is 23.5 Å². The Morgan fingerprint density at radius 3 is 2.60 bits per heavy atom. The summed E-state index contributed by atoms with van der Waals surface area (Å²) in [6, 6.07) is 4.24. The topological polar surface area (TPSA) is 45.0 Å². The highest BCUT2D eigenvalue weighted by Gasteiger charge is 2.15. The first-order valence-corrected chi connectivity index (χ1v) is 5.87. The molecule has 0 amide bonds. The molecule has 15 heavy (non-hydrogen) atoms. The highest BCUT2D eigenvalue weighted by atomic mass is 15.1. The summed E-state index contributed by atoms with van der Waals surface area (Å²) in [6.07, 6.45) is 2.68. The van der Waals surface area contributed by atoms with Crippen molar-refractivity contribution in [3.8, 4) is 0 Å². The van der Waals surface area contributed by atoms with E-state index in [0.29, 0.717) is 6.54 Å². The van der Waals surface area contributed by atoms with Crippen molar-refractivity contribution in [2.75, 3.05) is 13.1 Å². The average molecular weight is 207 g/mol. The van der Waals surface area contributed by atoms with Crippen molar-refractivity contribution in [1.82, 2.24) is 9.88 Å². The number of hydrogen-bond acceptors (Lipinski definition) is 2. The van der Waals surface area contributed by atoms with Gasteiger partial charge in [0.15, 0.2) is 0 Å². The maximum atomic E-state index is 5.57. The standard InChI is InChI=1S/C12H21N3/c1-10-4-6-15(7-5-10)9-12-3-2-11(8-13)14-12/h2-3,10,14H,4-9,13H2,1H3. The lowest BCUT2D eigenvalue weighted by atomic mass is 9.99. The summed E-state index contributed by atoms with van der Waals surface area (Å²) < 4.78 is 0. The molecule has 3 heteroatoms. The second kappa shape index (κ2) is 4.81. The van der Waals surface area contributed by atoms with Crippen LogP contribution in [0.2, 0.25) is 0 Å². The van der Waals surface area contributed by atoms with Crippen LogP contribution in [-0.4, -0.2) is 23.0 Å². The van der Waals surface area contributed by atoms with Crippen LogP contribution in [0.4, 0.5) is 0 Å². The van der Waals surface area contributed by atoms with Crippen molar-refractivity contribution in [2.24, 2.45) is 11.7 Å². The molecule has 3 N–H and O–H groups in total. The molecule has 2 heterocycles. The Bertz CT molecular complexity index is 298. The molecule has 0 bridgehead atoms. The largest absolute Gasteiger partial charge is 0.360 e. The molecule has 0 aliphatic carbocycles. The van der Waals surface area contributed by atoms with E-state index in [1.807, 2.05) is 0 Å². The Balaban J connectivity index is 1.86. The highest BCUT2D eigenvalue weighted by molar-refractivity contribution is 5.12. The van der Waals surface area contributed by atoms with Crippen molar-refractivity contribution < 1.29 is 0 Å². The molecule has 0 unspecified atom stereocenters. The van der Waals surface area contributed by atoms with Gasteiger partial charge in [-0.15, -0.1) is 0 Å². The predicted molar refractivity (Wildman–Crippen MR) is 62.4 cm³/mol. The molecule has 1 aliphatic rings. The van der Waals surface area contributed by atoms with Gasteiger partial charge in [-0.1, -0.05) is 6.92 Å². The Morgan fingerprint density at radius 1 is 1.33 bits per heavy atom. The van der Waals surface area contributed by atoms with E-state index in [9.17, 15) is 0 Å². The summed E-state index contributed by atoms with van der Waals surface area (Å²) in [5, 5.41) is 0. The van der Waals surface area contributed by atoms with Crippen LogP contribution < -0.4 is 5.73 Å². The van der Waals surface area contributed by atoms with Gasteiger partial charge >= 0.3 is 0 Å². The number of likely N-dealkylation sites (tertiary alicyclic amines) is 1. The van der Waals surface area contributed by atoms with Crippen LogP contribution in [0.5, 0.6) is 0 Å². The number of nitrogens with two attached hydrogens (primary N) is 1. The van der Waals surface area contributed by atoms with Gasteiger partial charge in [-0.25, -0.2) is 0 Å². The van der Waals surface area contributed by atoms with E-state index < -0.39 is 0 Å². The zero-order valence-electron chi connectivity index (χ0n) is 9.50. The zero-order chi connectivity index (χ0) is 10.7. The molecule has 0 saturated carbocycles. The average Bonchev–Trinajstić information content (AvgIpc) is 2.69. The monoisotopic (exact) mass is 207 g/mol. The van der Waals surface area contributed by atoms with E-state index in [1.54, 1.807) is 0 Å². The van der Waals surface area contributed by atoms with Crippen molar-refractivity contribution in [1.29, 1.82) is 0 Å². The Hall–Kier alpha value is -0.800. The first-order chi connectivity index (χ1) is 7.28. The van der Waals surface area contributed by atoms with Gasteiger partial charge in [-0.2, -0.15) is 0 Å². The van der Waals surface area contributed by atoms with Crippen LogP contribution in [-0.2, 0) is 13.1 Å². The summed E-state index contributed by atoms with van der Waals surface area (Å²) in [4.78, 5) is 5.87. The first-order valence-electron chi connectivity index (χ1n) is 5.87. The second-order valence-electron chi connectivity index (χ2n) is 4.67.